The normalized spacial score (nSPS) is 11.9. The molecule has 0 bridgehead atoms. The van der Waals surface area contributed by atoms with Gasteiger partial charge in [-0.1, -0.05) is 0 Å². The van der Waals surface area contributed by atoms with Crippen LogP contribution in [0.4, 0.5) is 0 Å². The summed E-state index contributed by atoms with van der Waals surface area (Å²) in [4.78, 5) is 0. The molecule has 0 spiro atoms. The van der Waals surface area contributed by atoms with E-state index >= 15 is 0 Å². The summed E-state index contributed by atoms with van der Waals surface area (Å²) in [6.07, 6.45) is -1.12. The zero-order valence-electron chi connectivity index (χ0n) is 4.45. The summed E-state index contributed by atoms with van der Waals surface area (Å²) in [5.41, 5.74) is 4.94. The number of aliphatic hydroxyl groups is 2. The van der Waals surface area contributed by atoms with Crippen LogP contribution in [-0.4, -0.2) is 29.2 Å². The van der Waals surface area contributed by atoms with Crippen molar-refractivity contribution in [2.75, 3.05) is 19.0 Å². The van der Waals surface area contributed by atoms with Gasteiger partial charge in [-0.2, -0.15) is 0 Å². The van der Waals surface area contributed by atoms with Crippen molar-refractivity contribution in [3.05, 3.63) is 0 Å². The lowest BCUT2D eigenvalue weighted by Crippen LogP contribution is -2.06. The molecule has 4 nitrogen and oxygen atoms in total. The molecule has 0 aliphatic heterocycles. The Kier molecular flexibility index (Phi) is 3.24. The lowest BCUT2D eigenvalue weighted by atomic mass is 11.5. The molecule has 0 heterocycles. The Morgan fingerprint density at radius 2 is 1.75 bits per heavy atom. The minimum atomic E-state index is -2.77. The zero-order valence-corrected chi connectivity index (χ0v) is 5.34. The van der Waals surface area contributed by atoms with Gasteiger partial charge in [0.1, 0.15) is 7.14 Å². The van der Waals surface area contributed by atoms with E-state index in [1.165, 1.54) is 0 Å². The molecule has 0 radical (unpaired) electrons. The Morgan fingerprint density at radius 3 is 1.75 bits per heavy atom. The highest BCUT2D eigenvalue weighted by atomic mass is 31.2. The Hall–Kier alpha value is 0.110. The summed E-state index contributed by atoms with van der Waals surface area (Å²) in [6, 6.07) is 0. The van der Waals surface area contributed by atoms with E-state index in [0.717, 1.165) is 0 Å². The number of hydrogen-bond acceptors (Lipinski definition) is 4. The lowest BCUT2D eigenvalue weighted by molar-refractivity contribution is 0.325. The van der Waals surface area contributed by atoms with Crippen molar-refractivity contribution >= 4 is 7.14 Å². The average Bonchev–Trinajstić information content (AvgIpc) is 1.87. The molecular formula is C3H10NO3P. The second kappa shape index (κ2) is 3.20. The van der Waals surface area contributed by atoms with E-state index in [-0.39, 0.29) is 6.29 Å². The second-order valence-corrected chi connectivity index (χ2v) is 4.57. The maximum absolute atomic E-state index is 10.7. The fourth-order valence-corrected chi connectivity index (χ4v) is 0.481. The molecule has 0 unspecified atom stereocenters. The van der Waals surface area contributed by atoms with E-state index in [0.29, 0.717) is 0 Å². The first-order chi connectivity index (χ1) is 3.68. The topological polar surface area (TPSA) is 83.6 Å². The minimum Gasteiger partial charge on any atom is -0.389 e. The molecule has 50 valence electrons. The van der Waals surface area contributed by atoms with Crippen molar-refractivity contribution in [1.82, 2.24) is 0 Å². The standard InChI is InChI=1S/C3H10NO3P/c4-1-8(7,2-5)3-6/h5-6H,1-4H2. The van der Waals surface area contributed by atoms with Gasteiger partial charge < -0.3 is 20.5 Å². The van der Waals surface area contributed by atoms with Gasteiger partial charge in [0.25, 0.3) is 0 Å². The second-order valence-electron chi connectivity index (χ2n) is 1.52. The summed E-state index contributed by atoms with van der Waals surface area (Å²) in [5.74, 6) is 0. The summed E-state index contributed by atoms with van der Waals surface area (Å²) in [6.45, 7) is 0. The molecule has 0 aromatic rings. The smallest absolute Gasteiger partial charge is 0.148 e. The fraction of sp³-hybridized carbons (Fsp3) is 1.00. The molecule has 0 rings (SSSR count). The van der Waals surface area contributed by atoms with Crippen LogP contribution < -0.4 is 5.73 Å². The predicted molar refractivity (Wildman–Crippen MR) is 30.8 cm³/mol. The van der Waals surface area contributed by atoms with E-state index in [2.05, 4.69) is 0 Å². The minimum absolute atomic E-state index is 0.125. The van der Waals surface area contributed by atoms with Gasteiger partial charge in [0, 0.05) is 0 Å². The zero-order chi connectivity index (χ0) is 6.62. The maximum atomic E-state index is 10.7. The number of hydrogen-bond donors (Lipinski definition) is 3. The van der Waals surface area contributed by atoms with Crippen LogP contribution in [0.2, 0.25) is 0 Å². The maximum Gasteiger partial charge on any atom is 0.148 e. The Balaban J connectivity index is 3.79. The van der Waals surface area contributed by atoms with Gasteiger partial charge in [0.15, 0.2) is 0 Å². The van der Waals surface area contributed by atoms with Crippen molar-refractivity contribution in [3.63, 3.8) is 0 Å². The first-order valence-corrected chi connectivity index (χ1v) is 4.43. The highest BCUT2D eigenvalue weighted by Crippen LogP contribution is 2.40. The monoisotopic (exact) mass is 139 g/mol. The lowest BCUT2D eigenvalue weighted by Gasteiger charge is -2.06. The van der Waals surface area contributed by atoms with Crippen molar-refractivity contribution < 1.29 is 14.8 Å². The summed E-state index contributed by atoms with van der Waals surface area (Å²) in [7, 11) is -2.77. The number of rotatable bonds is 3. The molecule has 0 saturated heterocycles. The largest absolute Gasteiger partial charge is 0.389 e. The van der Waals surface area contributed by atoms with E-state index in [4.69, 9.17) is 15.9 Å². The molecular weight excluding hydrogens is 129 g/mol. The number of aliphatic hydroxyl groups excluding tert-OH is 2. The van der Waals surface area contributed by atoms with Gasteiger partial charge in [0.2, 0.25) is 0 Å². The Bertz CT molecular complexity index is 85.7. The van der Waals surface area contributed by atoms with Crippen LogP contribution in [0.3, 0.4) is 0 Å². The van der Waals surface area contributed by atoms with E-state index in [1.54, 1.807) is 0 Å². The van der Waals surface area contributed by atoms with E-state index in [9.17, 15) is 4.57 Å². The van der Waals surface area contributed by atoms with Crippen molar-refractivity contribution in [3.8, 4) is 0 Å². The third-order valence-corrected chi connectivity index (χ3v) is 2.54. The molecule has 0 amide bonds. The summed E-state index contributed by atoms with van der Waals surface area (Å²) < 4.78 is 10.7. The highest BCUT2D eigenvalue weighted by molar-refractivity contribution is 7.63. The van der Waals surface area contributed by atoms with Gasteiger partial charge in [-0.15, -0.1) is 0 Å². The third kappa shape index (κ3) is 1.92. The molecule has 0 aromatic heterocycles. The highest BCUT2D eigenvalue weighted by Gasteiger charge is 2.15. The quantitative estimate of drug-likeness (QED) is 0.445. The van der Waals surface area contributed by atoms with Crippen LogP contribution in [0.1, 0.15) is 0 Å². The van der Waals surface area contributed by atoms with Crippen LogP contribution in [-0.2, 0) is 4.57 Å². The van der Waals surface area contributed by atoms with Crippen LogP contribution in [0.5, 0.6) is 0 Å². The SMILES string of the molecule is NCP(=O)(CO)CO. The summed E-state index contributed by atoms with van der Waals surface area (Å²) >= 11 is 0. The fourth-order valence-electron chi connectivity index (χ4n) is 0.160. The third-order valence-electron chi connectivity index (χ3n) is 0.848. The van der Waals surface area contributed by atoms with Gasteiger partial charge in [-0.05, 0) is 0 Å². The molecule has 0 aliphatic carbocycles. The van der Waals surface area contributed by atoms with Crippen molar-refractivity contribution in [2.45, 2.75) is 0 Å². The molecule has 0 aromatic carbocycles. The van der Waals surface area contributed by atoms with Gasteiger partial charge in [-0.3, -0.25) is 0 Å². The van der Waals surface area contributed by atoms with Crippen molar-refractivity contribution in [2.24, 2.45) is 5.73 Å². The predicted octanol–water partition coefficient (Wildman–Crippen LogP) is -0.835. The number of nitrogens with two attached hydrogens (primary N) is 1. The Morgan fingerprint density at radius 1 is 1.38 bits per heavy atom. The molecule has 0 fully saturated rings. The molecule has 8 heavy (non-hydrogen) atoms. The molecule has 0 saturated carbocycles. The van der Waals surface area contributed by atoms with Gasteiger partial charge in [-0.25, -0.2) is 0 Å². The van der Waals surface area contributed by atoms with Crippen LogP contribution in [0.25, 0.3) is 0 Å². The van der Waals surface area contributed by atoms with E-state index < -0.39 is 19.8 Å². The van der Waals surface area contributed by atoms with Crippen molar-refractivity contribution in [1.29, 1.82) is 0 Å². The van der Waals surface area contributed by atoms with Crippen LogP contribution >= 0.6 is 7.14 Å². The summed E-state index contributed by atoms with van der Waals surface area (Å²) in [5, 5.41) is 16.6. The molecule has 0 aliphatic rings. The first-order valence-electron chi connectivity index (χ1n) is 2.17. The molecule has 4 N–H and O–H groups in total. The van der Waals surface area contributed by atoms with Crippen LogP contribution in [0.15, 0.2) is 0 Å². The van der Waals surface area contributed by atoms with Gasteiger partial charge in [0.05, 0.1) is 19.0 Å². The van der Waals surface area contributed by atoms with E-state index in [1.807, 2.05) is 0 Å². The first kappa shape index (κ1) is 8.11. The molecule has 0 atom stereocenters. The van der Waals surface area contributed by atoms with Crippen LogP contribution in [0, 0.1) is 0 Å². The average molecular weight is 139 g/mol. The molecule has 5 heteroatoms. The van der Waals surface area contributed by atoms with Gasteiger partial charge >= 0.3 is 0 Å². The Labute approximate surface area is 47.7 Å².